The second-order valence-electron chi connectivity index (χ2n) is 9.98. The monoisotopic (exact) mass is 457 g/mol. The van der Waals surface area contributed by atoms with Crippen molar-refractivity contribution in [2.45, 2.75) is 81.4 Å². The summed E-state index contributed by atoms with van der Waals surface area (Å²) in [5, 5.41) is 3.11. The van der Waals surface area contributed by atoms with E-state index < -0.39 is 14.7 Å². The summed E-state index contributed by atoms with van der Waals surface area (Å²) in [6, 6.07) is 27.1. The van der Waals surface area contributed by atoms with Crippen molar-refractivity contribution in [1.29, 1.82) is 0 Å². The summed E-state index contributed by atoms with van der Waals surface area (Å²) in [5.74, 6) is 1.26. The average Bonchev–Trinajstić information content (AvgIpc) is 3.29. The Kier molecular flexibility index (Phi) is 7.26. The molecular weight excluding hydrogens is 421 g/mol. The van der Waals surface area contributed by atoms with E-state index in [4.69, 9.17) is 7.57 Å². The first-order chi connectivity index (χ1) is 15.8. The molecule has 5 rings (SSSR count). The molecule has 3 heteroatoms. The number of benzene rings is 2. The van der Waals surface area contributed by atoms with Gasteiger partial charge in [0.05, 0.1) is 17.2 Å². The van der Waals surface area contributed by atoms with Crippen LogP contribution < -0.4 is 0 Å². The zero-order chi connectivity index (χ0) is 21.8. The second kappa shape index (κ2) is 10.3. The zero-order valence-corrected chi connectivity index (χ0v) is 21.1. The molecule has 2 fully saturated rings. The van der Waals surface area contributed by atoms with Crippen LogP contribution in [0, 0.1) is 0 Å². The third kappa shape index (κ3) is 4.67. The van der Waals surface area contributed by atoms with E-state index in [2.05, 4.69) is 72.8 Å². The third-order valence-corrected chi connectivity index (χ3v) is 16.8. The average molecular weight is 457 g/mol. The van der Waals surface area contributed by atoms with E-state index in [0.29, 0.717) is 0 Å². The molecule has 0 aliphatic heterocycles. The Balaban J connectivity index is 1.60. The molecule has 0 nitrogen and oxygen atoms in total. The highest BCUT2D eigenvalue weighted by Crippen LogP contribution is 2.76. The van der Waals surface area contributed by atoms with Gasteiger partial charge in [0.15, 0.2) is 0 Å². The molecule has 2 radical (unpaired) electrons. The second-order valence-corrected chi connectivity index (χ2v) is 16.4. The number of rotatable bonds is 6. The fourth-order valence-corrected chi connectivity index (χ4v) is 16.2. The highest BCUT2D eigenvalue weighted by atomic mass is 31.2. The minimum absolute atomic E-state index is 0.416. The molecule has 0 atom stereocenters. The molecular formula is C29H36BP2+. The van der Waals surface area contributed by atoms with Crippen molar-refractivity contribution in [3.8, 4) is 21.7 Å². The SMILES string of the molecule is [B][P+](Cp1c(-c2ccccc2)ccc1-c1ccccc1)(C1CCCCC1)C1CCCCC1. The molecule has 2 aromatic carbocycles. The fraction of sp³-hybridized carbons (Fsp3) is 0.448. The van der Waals surface area contributed by atoms with Crippen LogP contribution in [0.1, 0.15) is 64.2 Å². The van der Waals surface area contributed by atoms with Crippen molar-refractivity contribution in [2.75, 3.05) is 0 Å². The van der Waals surface area contributed by atoms with Gasteiger partial charge in [-0.15, -0.1) is 0 Å². The van der Waals surface area contributed by atoms with Gasteiger partial charge in [-0.2, -0.15) is 0 Å². The van der Waals surface area contributed by atoms with Crippen molar-refractivity contribution in [1.82, 2.24) is 0 Å². The molecule has 0 saturated heterocycles. The van der Waals surface area contributed by atoms with Crippen LogP contribution >= 0.6 is 14.7 Å². The van der Waals surface area contributed by atoms with Gasteiger partial charge in [-0.05, 0) is 81.8 Å². The van der Waals surface area contributed by atoms with Crippen LogP contribution in [-0.4, -0.2) is 18.9 Å². The summed E-state index contributed by atoms with van der Waals surface area (Å²) >= 11 is 0. The fourth-order valence-electron chi connectivity index (χ4n) is 6.24. The van der Waals surface area contributed by atoms with Crippen molar-refractivity contribution in [2.24, 2.45) is 0 Å². The van der Waals surface area contributed by atoms with Gasteiger partial charge in [0.2, 0.25) is 0 Å². The quantitative estimate of drug-likeness (QED) is 0.255. The largest absolute Gasteiger partial charge is 0.366 e. The van der Waals surface area contributed by atoms with Crippen LogP contribution in [0.25, 0.3) is 21.7 Å². The summed E-state index contributed by atoms with van der Waals surface area (Å²) in [7, 11) is 5.83. The van der Waals surface area contributed by atoms with E-state index in [0.717, 1.165) is 11.3 Å². The van der Waals surface area contributed by atoms with Gasteiger partial charge in [-0.25, -0.2) is 0 Å². The minimum Gasteiger partial charge on any atom is -0.0718 e. The Morgan fingerprint density at radius 3 is 1.41 bits per heavy atom. The van der Waals surface area contributed by atoms with Gasteiger partial charge in [0.25, 0.3) is 0 Å². The standard InChI is InChI=1S/C29H36BP2/c30-32(26-17-9-3-10-18-26,27-19-11-4-12-20-27)23-31-28(24-13-5-1-6-14-24)21-22-29(31)25-15-7-2-8-16-25/h1-2,5-8,13-16,21-22,26-27H,3-4,9-12,17-20,23H2/q+1. The van der Waals surface area contributed by atoms with Crippen molar-refractivity contribution < 1.29 is 0 Å². The lowest BCUT2D eigenvalue weighted by Gasteiger charge is -2.42. The van der Waals surface area contributed by atoms with Crippen molar-refractivity contribution in [3.05, 3.63) is 72.8 Å². The van der Waals surface area contributed by atoms with Crippen molar-refractivity contribution in [3.63, 3.8) is 0 Å². The van der Waals surface area contributed by atoms with Crippen LogP contribution in [0.15, 0.2) is 72.8 Å². The van der Waals surface area contributed by atoms with Gasteiger partial charge in [-0.3, -0.25) is 0 Å². The summed E-state index contributed by atoms with van der Waals surface area (Å²) in [6.07, 6.45) is 14.0. The predicted octanol–water partition coefficient (Wildman–Crippen LogP) is 9.73. The first-order valence-corrected chi connectivity index (χ1v) is 16.4. The molecule has 2 aliphatic carbocycles. The van der Waals surface area contributed by atoms with Gasteiger partial charge < -0.3 is 0 Å². The zero-order valence-electron chi connectivity index (χ0n) is 19.3. The summed E-state index contributed by atoms with van der Waals surface area (Å²) in [4.78, 5) is 0. The predicted molar refractivity (Wildman–Crippen MR) is 146 cm³/mol. The third-order valence-electron chi connectivity index (χ3n) is 8.02. The van der Waals surface area contributed by atoms with Gasteiger partial charge in [0, 0.05) is 10.6 Å². The molecule has 1 heterocycles. The van der Waals surface area contributed by atoms with E-state index in [-0.39, 0.29) is 0 Å². The normalized spacial score (nSPS) is 18.6. The maximum absolute atomic E-state index is 7.78. The van der Waals surface area contributed by atoms with Gasteiger partial charge >= 0.3 is 7.57 Å². The number of hydrogen-bond donors (Lipinski definition) is 0. The summed E-state index contributed by atoms with van der Waals surface area (Å²) < 4.78 is 0. The molecule has 0 N–H and O–H groups in total. The van der Waals surface area contributed by atoms with Gasteiger partial charge in [-0.1, -0.05) is 81.0 Å². The van der Waals surface area contributed by atoms with Crippen LogP contribution in [0.3, 0.4) is 0 Å². The Labute approximate surface area is 198 Å². The highest BCUT2D eigenvalue weighted by molar-refractivity contribution is 8.01. The first kappa shape index (κ1) is 22.5. The van der Waals surface area contributed by atoms with Gasteiger partial charge in [0.1, 0.15) is 0 Å². The molecule has 0 bridgehead atoms. The van der Waals surface area contributed by atoms with E-state index in [1.807, 2.05) is 0 Å². The molecule has 0 unspecified atom stereocenters. The number of hydrogen-bond acceptors (Lipinski definition) is 0. The topological polar surface area (TPSA) is 0 Å². The lowest BCUT2D eigenvalue weighted by molar-refractivity contribution is 0.482. The molecule has 32 heavy (non-hydrogen) atoms. The highest BCUT2D eigenvalue weighted by Gasteiger charge is 2.48. The van der Waals surface area contributed by atoms with Crippen LogP contribution in [0.4, 0.5) is 0 Å². The molecule has 0 spiro atoms. The maximum atomic E-state index is 7.78. The lowest BCUT2D eigenvalue weighted by atomic mass is 9.99. The van der Waals surface area contributed by atoms with Crippen LogP contribution in [0.5, 0.6) is 0 Å². The molecule has 2 aliphatic rings. The molecule has 1 aromatic heterocycles. The van der Waals surface area contributed by atoms with E-state index in [1.165, 1.54) is 81.2 Å². The summed E-state index contributed by atoms with van der Waals surface area (Å²) in [5.41, 5.74) is 4.41. The lowest BCUT2D eigenvalue weighted by Crippen LogP contribution is -2.28. The van der Waals surface area contributed by atoms with E-state index in [1.54, 1.807) is 10.6 Å². The molecule has 3 aromatic rings. The smallest absolute Gasteiger partial charge is 0.0718 e. The molecule has 164 valence electrons. The minimum atomic E-state index is -1.54. The van der Waals surface area contributed by atoms with Crippen molar-refractivity contribution >= 4 is 22.2 Å². The van der Waals surface area contributed by atoms with E-state index in [9.17, 15) is 0 Å². The van der Waals surface area contributed by atoms with Crippen LogP contribution in [-0.2, 0) is 5.90 Å². The first-order valence-electron chi connectivity index (χ1n) is 12.7. The molecule has 0 amide bonds. The Bertz CT molecular complexity index is 908. The Hall–Kier alpha value is -1.29. The maximum Gasteiger partial charge on any atom is 0.366 e. The Morgan fingerprint density at radius 2 is 1.00 bits per heavy atom. The Morgan fingerprint density at radius 1 is 0.594 bits per heavy atom. The summed E-state index contributed by atoms with van der Waals surface area (Å²) in [6.45, 7) is 0. The van der Waals surface area contributed by atoms with E-state index >= 15 is 0 Å². The molecule has 2 saturated carbocycles. The van der Waals surface area contributed by atoms with Crippen LogP contribution in [0.2, 0.25) is 0 Å².